The van der Waals surface area contributed by atoms with Crippen molar-refractivity contribution in [3.8, 4) is 5.88 Å². The van der Waals surface area contributed by atoms with Crippen LogP contribution in [0, 0.1) is 0 Å². The number of halogens is 3. The van der Waals surface area contributed by atoms with Gasteiger partial charge in [0.15, 0.2) is 6.10 Å². The first-order chi connectivity index (χ1) is 12.3. The van der Waals surface area contributed by atoms with E-state index in [0.29, 0.717) is 6.54 Å². The molecule has 0 bridgehead atoms. The van der Waals surface area contributed by atoms with E-state index in [9.17, 15) is 23.4 Å². The number of allylic oxidation sites excluding steroid dienone is 1. The van der Waals surface area contributed by atoms with Gasteiger partial charge in [0.1, 0.15) is 24.0 Å². The average Bonchev–Trinajstić information content (AvgIpc) is 2.99. The zero-order chi connectivity index (χ0) is 18.9. The molecule has 4 atom stereocenters. The number of aliphatic hydroxyl groups is 2. The first-order valence-electron chi connectivity index (χ1n) is 8.37. The zero-order valence-corrected chi connectivity index (χ0v) is 14.0. The summed E-state index contributed by atoms with van der Waals surface area (Å²) in [6.07, 6.45) is -6.90. The molecule has 2 fully saturated rings. The molecule has 0 radical (unpaired) electrons. The van der Waals surface area contributed by atoms with E-state index in [1.165, 1.54) is 12.1 Å². The molecule has 9 heteroatoms. The van der Waals surface area contributed by atoms with E-state index >= 15 is 0 Å². The maximum absolute atomic E-state index is 12.7. The highest BCUT2D eigenvalue weighted by Crippen LogP contribution is 2.29. The molecule has 144 valence electrons. The van der Waals surface area contributed by atoms with Gasteiger partial charge in [-0.1, -0.05) is 12.6 Å². The van der Waals surface area contributed by atoms with Crippen molar-refractivity contribution in [3.05, 3.63) is 36.2 Å². The highest BCUT2D eigenvalue weighted by molar-refractivity contribution is 5.18. The van der Waals surface area contributed by atoms with E-state index in [1.807, 2.05) is 4.90 Å². The van der Waals surface area contributed by atoms with Gasteiger partial charge in [0, 0.05) is 24.9 Å². The summed E-state index contributed by atoms with van der Waals surface area (Å²) in [5.41, 5.74) is -0.131. The van der Waals surface area contributed by atoms with Crippen molar-refractivity contribution in [1.29, 1.82) is 0 Å². The predicted molar refractivity (Wildman–Crippen MR) is 85.4 cm³/mol. The number of aliphatic hydroxyl groups excluding tert-OH is 2. The minimum absolute atomic E-state index is 0.0683. The van der Waals surface area contributed by atoms with Crippen LogP contribution < -0.4 is 4.74 Å². The molecule has 1 aromatic heterocycles. The van der Waals surface area contributed by atoms with Gasteiger partial charge in [-0.2, -0.15) is 13.2 Å². The molecule has 0 aliphatic carbocycles. The third-order valence-electron chi connectivity index (χ3n) is 4.61. The van der Waals surface area contributed by atoms with Gasteiger partial charge in [-0.3, -0.25) is 0 Å². The van der Waals surface area contributed by atoms with Gasteiger partial charge in [0.2, 0.25) is 5.88 Å². The van der Waals surface area contributed by atoms with Gasteiger partial charge < -0.3 is 24.6 Å². The molecule has 1 aromatic rings. The van der Waals surface area contributed by atoms with Crippen LogP contribution in [0.2, 0.25) is 0 Å². The largest absolute Gasteiger partial charge is 0.469 e. The lowest BCUT2D eigenvalue weighted by molar-refractivity contribution is -0.183. The van der Waals surface area contributed by atoms with Crippen LogP contribution in [0.15, 0.2) is 30.5 Å². The lowest BCUT2D eigenvalue weighted by Crippen LogP contribution is -2.57. The van der Waals surface area contributed by atoms with Crippen LogP contribution in [0.4, 0.5) is 13.2 Å². The summed E-state index contributed by atoms with van der Waals surface area (Å²) in [6, 6.07) is 3.25. The molecule has 2 N–H and O–H groups in total. The summed E-state index contributed by atoms with van der Waals surface area (Å²) < 4.78 is 49.1. The van der Waals surface area contributed by atoms with Crippen LogP contribution in [-0.4, -0.2) is 64.2 Å². The predicted octanol–water partition coefficient (Wildman–Crippen LogP) is 1.58. The Bertz CT molecular complexity index is 655. The molecule has 26 heavy (non-hydrogen) atoms. The second-order valence-corrected chi connectivity index (χ2v) is 6.48. The van der Waals surface area contributed by atoms with E-state index in [2.05, 4.69) is 11.6 Å². The van der Waals surface area contributed by atoms with Gasteiger partial charge in [-0.15, -0.1) is 0 Å². The molecule has 3 heterocycles. The summed E-state index contributed by atoms with van der Waals surface area (Å²) in [5.74, 6) is -0.286. The number of pyridine rings is 1. The van der Waals surface area contributed by atoms with Crippen molar-refractivity contribution < 1.29 is 32.9 Å². The van der Waals surface area contributed by atoms with Crippen LogP contribution in [0.25, 0.3) is 0 Å². The van der Waals surface area contributed by atoms with Crippen molar-refractivity contribution in [2.24, 2.45) is 0 Å². The second-order valence-electron chi connectivity index (χ2n) is 6.48. The van der Waals surface area contributed by atoms with E-state index in [4.69, 9.17) is 9.47 Å². The summed E-state index contributed by atoms with van der Waals surface area (Å²) in [5, 5.41) is 20.6. The fourth-order valence-corrected chi connectivity index (χ4v) is 3.14. The Labute approximate surface area is 148 Å². The van der Waals surface area contributed by atoms with Crippen LogP contribution in [0.5, 0.6) is 5.88 Å². The third-order valence-corrected chi connectivity index (χ3v) is 4.61. The van der Waals surface area contributed by atoms with E-state index in [0.717, 1.165) is 31.1 Å². The Morgan fingerprint density at radius 2 is 2.08 bits per heavy atom. The van der Waals surface area contributed by atoms with Crippen molar-refractivity contribution in [1.82, 2.24) is 9.88 Å². The topological polar surface area (TPSA) is 75.1 Å². The summed E-state index contributed by atoms with van der Waals surface area (Å²) in [6.45, 7) is 5.09. The number of rotatable bonds is 4. The maximum Gasteiger partial charge on any atom is 0.433 e. The molecule has 0 amide bonds. The van der Waals surface area contributed by atoms with Crippen molar-refractivity contribution >= 4 is 0 Å². The molecular formula is C17H21F3N2O4. The molecule has 0 unspecified atom stereocenters. The summed E-state index contributed by atoms with van der Waals surface area (Å²) in [4.78, 5) is 5.39. The number of hydrogen-bond acceptors (Lipinski definition) is 6. The fraction of sp³-hybridized carbons (Fsp3) is 0.588. The Hall–Kier alpha value is -1.84. The quantitative estimate of drug-likeness (QED) is 0.834. The van der Waals surface area contributed by atoms with Crippen molar-refractivity contribution in [2.75, 3.05) is 19.7 Å². The normalized spacial score (nSPS) is 29.9. The standard InChI is InChI=1S/C17H21F3N2O4/c1-10-4-3-7-22(10)8-11-15(23)16(24)12(9-25-11)26-14-6-2-5-13(21-14)17(18,19)20/h2,5-6,11-12,15-16,23-24H,1,3-4,7-9H2/t11-,12+,15+,16-/m1/s1. The highest BCUT2D eigenvalue weighted by Gasteiger charge is 2.41. The molecule has 2 aliphatic rings. The molecule has 0 spiro atoms. The first kappa shape index (κ1) is 18.9. The molecule has 2 aliphatic heterocycles. The Morgan fingerprint density at radius 1 is 1.31 bits per heavy atom. The number of nitrogens with zero attached hydrogens (tertiary/aromatic N) is 2. The zero-order valence-electron chi connectivity index (χ0n) is 14.0. The average molecular weight is 374 g/mol. The number of aromatic nitrogens is 1. The van der Waals surface area contributed by atoms with Gasteiger partial charge in [-0.25, -0.2) is 4.98 Å². The monoisotopic (exact) mass is 374 g/mol. The van der Waals surface area contributed by atoms with Crippen LogP contribution in [0.3, 0.4) is 0 Å². The van der Waals surface area contributed by atoms with E-state index < -0.39 is 36.3 Å². The molecule has 3 rings (SSSR count). The van der Waals surface area contributed by atoms with Gasteiger partial charge in [-0.05, 0) is 18.9 Å². The minimum Gasteiger partial charge on any atom is -0.469 e. The lowest BCUT2D eigenvalue weighted by atomic mass is 9.99. The fourth-order valence-electron chi connectivity index (χ4n) is 3.14. The molecule has 0 aromatic carbocycles. The Morgan fingerprint density at radius 3 is 2.73 bits per heavy atom. The van der Waals surface area contributed by atoms with Crippen LogP contribution in [-0.2, 0) is 10.9 Å². The van der Waals surface area contributed by atoms with E-state index in [-0.39, 0.29) is 12.5 Å². The highest BCUT2D eigenvalue weighted by atomic mass is 19.4. The van der Waals surface area contributed by atoms with Crippen LogP contribution in [0.1, 0.15) is 18.5 Å². The molecule has 2 saturated heterocycles. The number of hydrogen-bond donors (Lipinski definition) is 2. The number of ether oxygens (including phenoxy) is 2. The van der Waals surface area contributed by atoms with Gasteiger partial charge >= 0.3 is 6.18 Å². The third kappa shape index (κ3) is 4.11. The Balaban J connectivity index is 1.62. The number of likely N-dealkylation sites (tertiary alicyclic amines) is 1. The smallest absolute Gasteiger partial charge is 0.433 e. The molecular weight excluding hydrogens is 353 g/mol. The second kappa shape index (κ2) is 7.42. The van der Waals surface area contributed by atoms with E-state index in [1.54, 1.807) is 0 Å². The summed E-state index contributed by atoms with van der Waals surface area (Å²) in [7, 11) is 0. The van der Waals surface area contributed by atoms with Gasteiger partial charge in [0.25, 0.3) is 0 Å². The van der Waals surface area contributed by atoms with Crippen molar-refractivity contribution in [2.45, 2.75) is 43.4 Å². The molecule has 0 saturated carbocycles. The van der Waals surface area contributed by atoms with Crippen LogP contribution >= 0.6 is 0 Å². The molecule has 6 nitrogen and oxygen atoms in total. The first-order valence-corrected chi connectivity index (χ1v) is 8.37. The maximum atomic E-state index is 12.7. The van der Waals surface area contributed by atoms with Gasteiger partial charge in [0.05, 0.1) is 6.61 Å². The van der Waals surface area contributed by atoms with Crippen molar-refractivity contribution in [3.63, 3.8) is 0 Å². The SMILES string of the molecule is C=C1CCCN1C[C@H]1OC[C@H](Oc2cccc(C(F)(F)F)n2)[C@@H](O)[C@H]1O. The minimum atomic E-state index is -4.59. The number of alkyl halides is 3. The Kier molecular flexibility index (Phi) is 5.40. The summed E-state index contributed by atoms with van der Waals surface area (Å²) >= 11 is 0. The lowest BCUT2D eigenvalue weighted by Gasteiger charge is -2.39.